The molecule has 3 rings (SSSR count). The van der Waals surface area contributed by atoms with Crippen LogP contribution in [0.5, 0.6) is 0 Å². The highest BCUT2D eigenvalue weighted by Gasteiger charge is 2.18. The molecule has 0 atom stereocenters. The van der Waals surface area contributed by atoms with Gasteiger partial charge < -0.3 is 10.6 Å². The molecule has 9 nitrogen and oxygen atoms in total. The number of hydrogen-bond acceptors (Lipinski definition) is 6. The van der Waals surface area contributed by atoms with E-state index in [0.717, 1.165) is 11.3 Å². The van der Waals surface area contributed by atoms with Crippen molar-refractivity contribution in [2.45, 2.75) is 33.2 Å². The lowest BCUT2D eigenvalue weighted by Gasteiger charge is -2.09. The topological polar surface area (TPSA) is 122 Å². The van der Waals surface area contributed by atoms with E-state index in [1.807, 2.05) is 24.4 Å². The molecule has 0 aliphatic heterocycles. The van der Waals surface area contributed by atoms with Gasteiger partial charge in [0.2, 0.25) is 5.95 Å². The van der Waals surface area contributed by atoms with E-state index in [1.54, 1.807) is 13.0 Å². The number of aromatic amines is 1. The van der Waals surface area contributed by atoms with E-state index in [4.69, 9.17) is 0 Å². The van der Waals surface area contributed by atoms with Gasteiger partial charge in [-0.15, -0.1) is 11.3 Å². The van der Waals surface area contributed by atoms with Crippen molar-refractivity contribution in [3.8, 4) is 5.95 Å². The maximum absolute atomic E-state index is 12.2. The summed E-state index contributed by atoms with van der Waals surface area (Å²) in [7, 11) is 0. The Bertz CT molecular complexity index is 1040. The van der Waals surface area contributed by atoms with Crippen LogP contribution in [0.2, 0.25) is 0 Å². The van der Waals surface area contributed by atoms with Gasteiger partial charge in [0.15, 0.2) is 0 Å². The first-order valence-corrected chi connectivity index (χ1v) is 9.63. The zero-order chi connectivity index (χ0) is 20.1. The largest absolute Gasteiger partial charge is 0.343 e. The number of nitrogens with zero attached hydrogens (tertiary/aromatic N) is 3. The molecule has 0 saturated carbocycles. The average molecular weight is 400 g/mol. The minimum atomic E-state index is -0.829. The summed E-state index contributed by atoms with van der Waals surface area (Å²) in [6.07, 6.45) is 1.48. The van der Waals surface area contributed by atoms with Crippen LogP contribution in [0, 0.1) is 6.92 Å². The van der Waals surface area contributed by atoms with Gasteiger partial charge in [0.25, 0.3) is 5.56 Å². The summed E-state index contributed by atoms with van der Waals surface area (Å²) in [5.74, 6) is -1.17. The normalized spacial score (nSPS) is 10.6. The van der Waals surface area contributed by atoms with Crippen LogP contribution < -0.4 is 16.2 Å². The lowest BCUT2D eigenvalue weighted by Crippen LogP contribution is -2.35. The van der Waals surface area contributed by atoms with Gasteiger partial charge >= 0.3 is 11.8 Å². The third kappa shape index (κ3) is 4.71. The molecule has 3 N–H and O–H groups in total. The quantitative estimate of drug-likeness (QED) is 0.542. The van der Waals surface area contributed by atoms with Crippen LogP contribution in [0.4, 0.5) is 5.82 Å². The Morgan fingerprint density at radius 1 is 1.29 bits per heavy atom. The number of aromatic nitrogens is 4. The van der Waals surface area contributed by atoms with Crippen LogP contribution in [-0.4, -0.2) is 31.6 Å². The Hall–Kier alpha value is -3.27. The number of nitrogens with one attached hydrogen (secondary N) is 3. The van der Waals surface area contributed by atoms with Crippen LogP contribution in [0.15, 0.2) is 34.4 Å². The average Bonchev–Trinajstić information content (AvgIpc) is 3.29. The van der Waals surface area contributed by atoms with Crippen LogP contribution in [0.1, 0.15) is 29.6 Å². The van der Waals surface area contributed by atoms with Gasteiger partial charge in [-0.25, -0.2) is 4.98 Å². The van der Waals surface area contributed by atoms with E-state index in [-0.39, 0.29) is 23.9 Å². The third-order valence-corrected chi connectivity index (χ3v) is 4.65. The van der Waals surface area contributed by atoms with Crippen molar-refractivity contribution in [2.24, 2.45) is 0 Å². The van der Waals surface area contributed by atoms with E-state index in [9.17, 15) is 14.4 Å². The lowest BCUT2D eigenvalue weighted by atomic mass is 10.2. The number of amides is 2. The zero-order valence-electron chi connectivity index (χ0n) is 15.5. The monoisotopic (exact) mass is 400 g/mol. The Kier molecular flexibility index (Phi) is 5.99. The maximum atomic E-state index is 12.2. The number of carbonyl (C=O) groups is 2. The molecule has 10 heteroatoms. The number of H-pyrrole nitrogens is 1. The minimum absolute atomic E-state index is 0.179. The fourth-order valence-corrected chi connectivity index (χ4v) is 3.21. The van der Waals surface area contributed by atoms with E-state index < -0.39 is 11.8 Å². The molecule has 0 spiro atoms. The number of anilines is 1. The van der Waals surface area contributed by atoms with E-state index >= 15 is 0 Å². The van der Waals surface area contributed by atoms with Crippen LogP contribution >= 0.6 is 11.3 Å². The molecule has 0 fully saturated rings. The van der Waals surface area contributed by atoms with Gasteiger partial charge in [-0.3, -0.25) is 19.4 Å². The number of aryl methyl sites for hydroxylation is 2. The standard InChI is InChI=1S/C18H20N6O3S/c1-3-5-12-9-15(25)22-18(20-12)24-14(8-11(2)23-24)21-17(27)16(26)19-10-13-6-4-7-28-13/h4,6-9H,3,5,10H2,1-2H3,(H,19,26)(H,21,27)(H,20,22,25). The van der Waals surface area contributed by atoms with E-state index in [0.29, 0.717) is 17.8 Å². The third-order valence-electron chi connectivity index (χ3n) is 3.77. The van der Waals surface area contributed by atoms with Crippen LogP contribution in [0.25, 0.3) is 5.95 Å². The molecule has 0 aliphatic carbocycles. The Balaban J connectivity index is 1.77. The molecular formula is C18H20N6O3S. The highest BCUT2D eigenvalue weighted by Crippen LogP contribution is 2.14. The minimum Gasteiger partial charge on any atom is -0.343 e. The highest BCUT2D eigenvalue weighted by molar-refractivity contribution is 7.09. The van der Waals surface area contributed by atoms with Crippen molar-refractivity contribution in [3.05, 3.63) is 56.3 Å². The van der Waals surface area contributed by atoms with Gasteiger partial charge in [-0.2, -0.15) is 9.78 Å². The molecule has 2 amide bonds. The summed E-state index contributed by atoms with van der Waals surface area (Å²) < 4.78 is 1.31. The molecule has 0 bridgehead atoms. The molecule has 146 valence electrons. The molecular weight excluding hydrogens is 380 g/mol. The Morgan fingerprint density at radius 2 is 2.11 bits per heavy atom. The fraction of sp³-hybridized carbons (Fsp3) is 0.278. The van der Waals surface area contributed by atoms with Crippen molar-refractivity contribution in [1.82, 2.24) is 25.1 Å². The molecule has 3 aromatic heterocycles. The summed E-state index contributed by atoms with van der Waals surface area (Å²) >= 11 is 1.49. The second-order valence-corrected chi connectivity index (χ2v) is 7.14. The number of carbonyl (C=O) groups excluding carboxylic acids is 2. The second kappa shape index (κ2) is 8.61. The van der Waals surface area contributed by atoms with Crippen molar-refractivity contribution in [1.29, 1.82) is 0 Å². The zero-order valence-corrected chi connectivity index (χ0v) is 16.3. The molecule has 0 aliphatic rings. The number of thiophene rings is 1. The molecule has 0 saturated heterocycles. The van der Waals surface area contributed by atoms with Gasteiger partial charge in [-0.1, -0.05) is 19.4 Å². The van der Waals surface area contributed by atoms with Crippen molar-refractivity contribution >= 4 is 29.0 Å². The number of hydrogen-bond donors (Lipinski definition) is 3. The van der Waals surface area contributed by atoms with Gasteiger partial charge in [0, 0.05) is 22.7 Å². The van der Waals surface area contributed by atoms with Crippen molar-refractivity contribution in [3.63, 3.8) is 0 Å². The second-order valence-electron chi connectivity index (χ2n) is 6.11. The molecule has 0 unspecified atom stereocenters. The molecule has 0 radical (unpaired) electrons. The predicted molar refractivity (Wildman–Crippen MR) is 106 cm³/mol. The summed E-state index contributed by atoms with van der Waals surface area (Å²) in [6.45, 7) is 3.99. The van der Waals surface area contributed by atoms with Crippen molar-refractivity contribution in [2.75, 3.05) is 5.32 Å². The van der Waals surface area contributed by atoms with E-state index in [1.165, 1.54) is 22.1 Å². The first-order valence-electron chi connectivity index (χ1n) is 8.75. The highest BCUT2D eigenvalue weighted by atomic mass is 32.1. The summed E-state index contributed by atoms with van der Waals surface area (Å²) in [6, 6.07) is 6.76. The van der Waals surface area contributed by atoms with Crippen LogP contribution in [0.3, 0.4) is 0 Å². The predicted octanol–water partition coefficient (Wildman–Crippen LogP) is 1.53. The van der Waals surface area contributed by atoms with Gasteiger partial charge in [-0.05, 0) is 24.8 Å². The molecule has 0 aromatic carbocycles. The van der Waals surface area contributed by atoms with Crippen molar-refractivity contribution < 1.29 is 9.59 Å². The maximum Gasteiger partial charge on any atom is 0.314 e. The summed E-state index contributed by atoms with van der Waals surface area (Å²) in [5.41, 5.74) is 0.908. The Labute approximate surface area is 164 Å². The summed E-state index contributed by atoms with van der Waals surface area (Å²) in [4.78, 5) is 44.2. The SMILES string of the molecule is CCCc1cc(=O)[nH]c(-n2nc(C)cc2NC(=O)C(=O)NCc2cccs2)n1. The molecule has 3 heterocycles. The van der Waals surface area contributed by atoms with Gasteiger partial charge in [0.1, 0.15) is 5.82 Å². The van der Waals surface area contributed by atoms with E-state index in [2.05, 4.69) is 25.7 Å². The first kappa shape index (κ1) is 19.5. The smallest absolute Gasteiger partial charge is 0.314 e. The van der Waals surface area contributed by atoms with Crippen LogP contribution in [-0.2, 0) is 22.6 Å². The number of rotatable bonds is 6. The molecule has 28 heavy (non-hydrogen) atoms. The Morgan fingerprint density at radius 3 is 2.82 bits per heavy atom. The lowest BCUT2D eigenvalue weighted by molar-refractivity contribution is -0.136. The molecule has 3 aromatic rings. The fourth-order valence-electron chi connectivity index (χ4n) is 2.56. The summed E-state index contributed by atoms with van der Waals surface area (Å²) in [5, 5.41) is 11.2. The first-order chi connectivity index (χ1) is 13.5. The van der Waals surface area contributed by atoms with Gasteiger partial charge in [0.05, 0.1) is 12.2 Å².